The van der Waals surface area contributed by atoms with Crippen molar-refractivity contribution in [3.63, 3.8) is 0 Å². The maximum atomic E-state index is 13.5. The number of nitrogen functional groups attached to an aromatic ring is 1. The third-order valence-electron chi connectivity index (χ3n) is 11.8. The summed E-state index contributed by atoms with van der Waals surface area (Å²) < 4.78 is 0. The highest BCUT2D eigenvalue weighted by molar-refractivity contribution is 6.22. The topological polar surface area (TPSA) is 119 Å². The molecule has 1 aromatic heterocycles. The number of phenols is 1. The van der Waals surface area contributed by atoms with Crippen molar-refractivity contribution in [1.29, 1.82) is 0 Å². The number of nitrogens with two attached hydrogens (primary N) is 1. The SMILES string of the molecule is CCc1ccccc1NC(=O)c1cc2ccc3c4ccccc4[nH]c3c2c(N=Nc2ccc(N)cc2)c1O.Cc1ccc(C=Cc2ccc(N(c3ccccc3)c3ccc(C)cc3)cc2)cc1. The maximum absolute atomic E-state index is 13.5. The van der Waals surface area contributed by atoms with Gasteiger partial charge in [0.15, 0.2) is 5.75 Å². The number of aromatic nitrogens is 1. The molecule has 0 aliphatic heterocycles. The largest absolute Gasteiger partial charge is 0.505 e. The number of rotatable bonds is 10. The zero-order valence-electron chi connectivity index (χ0n) is 37.6. The van der Waals surface area contributed by atoms with Gasteiger partial charge in [0.25, 0.3) is 5.91 Å². The number of H-pyrrole nitrogens is 1. The minimum atomic E-state index is -0.425. The normalized spacial score (nSPS) is 11.3. The lowest BCUT2D eigenvalue weighted by Crippen LogP contribution is -2.13. The van der Waals surface area contributed by atoms with Crippen LogP contribution in [0.1, 0.15) is 45.1 Å². The van der Waals surface area contributed by atoms with E-state index in [9.17, 15) is 9.90 Å². The van der Waals surface area contributed by atoms with Crippen molar-refractivity contribution in [3.8, 4) is 5.75 Å². The van der Waals surface area contributed by atoms with E-state index in [1.54, 1.807) is 30.3 Å². The third kappa shape index (κ3) is 9.70. The number of carbonyl (C=O) groups excluding carboxylic acids is 1. The number of phenolic OH excluding ortho intramolecular Hbond substituents is 1. The first-order valence-electron chi connectivity index (χ1n) is 22.3. The fourth-order valence-corrected chi connectivity index (χ4v) is 8.16. The molecule has 0 aliphatic rings. The average molecular weight is 875 g/mol. The third-order valence-corrected chi connectivity index (χ3v) is 11.8. The summed E-state index contributed by atoms with van der Waals surface area (Å²) in [6.45, 7) is 6.25. The van der Waals surface area contributed by atoms with E-state index < -0.39 is 5.91 Å². The van der Waals surface area contributed by atoms with E-state index in [0.29, 0.717) is 22.4 Å². The molecule has 0 aliphatic carbocycles. The summed E-state index contributed by atoms with van der Waals surface area (Å²) in [6, 6.07) is 64.7. The Hall–Kier alpha value is -8.75. The molecule has 0 unspecified atom stereocenters. The zero-order chi connectivity index (χ0) is 46.3. The molecular weight excluding hydrogens is 825 g/mol. The van der Waals surface area contributed by atoms with Crippen LogP contribution in [0.4, 0.5) is 39.8 Å². The second-order valence-electron chi connectivity index (χ2n) is 16.5. The van der Waals surface area contributed by atoms with Crippen molar-refractivity contribution in [2.75, 3.05) is 16.0 Å². The Balaban J connectivity index is 0.000000174. The summed E-state index contributed by atoms with van der Waals surface area (Å²) in [6.07, 6.45) is 5.08. The standard InChI is InChI=1S/C31H25N5O2.C28H25N/c1-2-18-7-3-5-9-25(18)34-31(38)24-17-19-11-16-23-22-8-4-6-10-26(22)33-28(23)27(19)29(30(24)37)36-35-21-14-12-20(32)13-15-21;1-22-8-12-24(13-9-22)14-15-25-16-20-28(21-17-25)29(26-6-4-3-5-7-26)27-18-10-23(2)11-19-27/h3-17,33,37H,2,32H2,1H3,(H,34,38);3-21H,1-2H3. The first-order chi connectivity index (χ1) is 32.7. The first kappa shape index (κ1) is 43.5. The molecule has 1 amide bonds. The second-order valence-corrected chi connectivity index (χ2v) is 16.5. The molecule has 5 N–H and O–H groups in total. The molecule has 0 radical (unpaired) electrons. The number of aromatic hydroxyl groups is 1. The van der Waals surface area contributed by atoms with Gasteiger partial charge in [0.2, 0.25) is 0 Å². The number of aromatic amines is 1. The minimum Gasteiger partial charge on any atom is -0.505 e. The summed E-state index contributed by atoms with van der Waals surface area (Å²) in [7, 11) is 0. The van der Waals surface area contributed by atoms with Crippen molar-refractivity contribution in [2.45, 2.75) is 27.2 Å². The van der Waals surface area contributed by atoms with Gasteiger partial charge in [-0.15, -0.1) is 5.11 Å². The number of nitrogens with zero attached hydrogens (tertiary/aromatic N) is 3. The van der Waals surface area contributed by atoms with Crippen LogP contribution in [0, 0.1) is 13.8 Å². The second kappa shape index (κ2) is 19.6. The van der Waals surface area contributed by atoms with E-state index in [4.69, 9.17) is 5.73 Å². The summed E-state index contributed by atoms with van der Waals surface area (Å²) in [4.78, 5) is 19.2. The number of fused-ring (bicyclic) bond motifs is 5. The first-order valence-corrected chi connectivity index (χ1v) is 22.3. The number of nitrogens with one attached hydrogen (secondary N) is 2. The molecule has 9 aromatic carbocycles. The maximum Gasteiger partial charge on any atom is 0.259 e. The number of azo groups is 1. The van der Waals surface area contributed by atoms with Gasteiger partial charge in [-0.25, -0.2) is 0 Å². The zero-order valence-corrected chi connectivity index (χ0v) is 37.6. The van der Waals surface area contributed by atoms with Crippen LogP contribution in [0.15, 0.2) is 204 Å². The minimum absolute atomic E-state index is 0.116. The summed E-state index contributed by atoms with van der Waals surface area (Å²) in [5, 5.41) is 26.7. The lowest BCUT2D eigenvalue weighted by atomic mass is 10.00. The van der Waals surface area contributed by atoms with Gasteiger partial charge >= 0.3 is 0 Å². The number of anilines is 5. The highest BCUT2D eigenvalue weighted by Gasteiger charge is 2.22. The lowest BCUT2D eigenvalue weighted by Gasteiger charge is -2.25. The van der Waals surface area contributed by atoms with E-state index >= 15 is 0 Å². The fraction of sp³-hybridized carbons (Fsp3) is 0.0678. The Morgan fingerprint density at radius 1 is 0.642 bits per heavy atom. The van der Waals surface area contributed by atoms with Gasteiger partial charge in [0.05, 0.1) is 16.8 Å². The Morgan fingerprint density at radius 3 is 1.91 bits per heavy atom. The Labute approximate surface area is 390 Å². The molecule has 0 fully saturated rings. The molecule has 0 bridgehead atoms. The molecule has 67 heavy (non-hydrogen) atoms. The van der Waals surface area contributed by atoms with Gasteiger partial charge in [-0.3, -0.25) is 4.79 Å². The summed E-state index contributed by atoms with van der Waals surface area (Å²) in [5.41, 5.74) is 19.2. The molecule has 0 atom stereocenters. The van der Waals surface area contributed by atoms with Gasteiger partial charge in [0, 0.05) is 50.1 Å². The highest BCUT2D eigenvalue weighted by atomic mass is 16.3. The number of carbonyl (C=O) groups is 1. The molecule has 0 spiro atoms. The Bertz CT molecular complexity index is 3390. The quantitative estimate of drug-likeness (QED) is 0.0621. The Kier molecular flexibility index (Phi) is 12.7. The number of hydrogen-bond acceptors (Lipinski definition) is 6. The average Bonchev–Trinajstić information content (AvgIpc) is 3.75. The van der Waals surface area contributed by atoms with Crippen LogP contribution in [-0.2, 0) is 6.42 Å². The van der Waals surface area contributed by atoms with Crippen molar-refractivity contribution < 1.29 is 9.90 Å². The van der Waals surface area contributed by atoms with Crippen LogP contribution in [-0.4, -0.2) is 16.0 Å². The van der Waals surface area contributed by atoms with Gasteiger partial charge in [0.1, 0.15) is 5.69 Å². The van der Waals surface area contributed by atoms with Gasteiger partial charge in [-0.05, 0) is 121 Å². The van der Waals surface area contributed by atoms with E-state index in [-0.39, 0.29) is 17.0 Å². The molecule has 0 saturated heterocycles. The molecule has 0 saturated carbocycles. The monoisotopic (exact) mass is 874 g/mol. The molecule has 1 heterocycles. The molecule has 8 heteroatoms. The molecule has 10 rings (SSSR count). The van der Waals surface area contributed by atoms with E-state index in [1.165, 1.54) is 22.3 Å². The van der Waals surface area contributed by atoms with Gasteiger partial charge in [-0.2, -0.15) is 5.11 Å². The number of hydrogen-bond donors (Lipinski definition) is 4. The van der Waals surface area contributed by atoms with Gasteiger partial charge < -0.3 is 26.0 Å². The van der Waals surface area contributed by atoms with Crippen molar-refractivity contribution >= 4 is 90.4 Å². The molecule has 10 aromatic rings. The number of benzene rings is 9. The van der Waals surface area contributed by atoms with Crippen LogP contribution < -0.4 is 16.0 Å². The summed E-state index contributed by atoms with van der Waals surface area (Å²) >= 11 is 0. The Morgan fingerprint density at radius 2 is 1.22 bits per heavy atom. The molecular formula is C59H50N6O2. The van der Waals surface area contributed by atoms with Crippen LogP contribution in [0.25, 0.3) is 44.7 Å². The smallest absolute Gasteiger partial charge is 0.259 e. The van der Waals surface area contributed by atoms with Crippen LogP contribution >= 0.6 is 0 Å². The molecule has 8 nitrogen and oxygen atoms in total. The van der Waals surface area contributed by atoms with Crippen molar-refractivity contribution in [2.24, 2.45) is 10.2 Å². The lowest BCUT2D eigenvalue weighted by molar-refractivity contribution is 0.102. The van der Waals surface area contributed by atoms with Crippen molar-refractivity contribution in [3.05, 3.63) is 228 Å². The summed E-state index contributed by atoms with van der Waals surface area (Å²) in [5.74, 6) is -0.666. The number of aryl methyl sites for hydroxylation is 3. The predicted molar refractivity (Wildman–Crippen MR) is 280 cm³/mol. The van der Waals surface area contributed by atoms with Gasteiger partial charge in [-0.1, -0.05) is 145 Å². The number of amides is 1. The predicted octanol–water partition coefficient (Wildman–Crippen LogP) is 15.9. The van der Waals surface area contributed by atoms with Crippen LogP contribution in [0.5, 0.6) is 5.75 Å². The van der Waals surface area contributed by atoms with Crippen molar-refractivity contribution in [1.82, 2.24) is 4.98 Å². The number of para-hydroxylation sites is 3. The van der Waals surface area contributed by atoms with E-state index in [2.05, 4.69) is 155 Å². The fourth-order valence-electron chi connectivity index (χ4n) is 8.16. The molecule has 328 valence electrons. The van der Waals surface area contributed by atoms with E-state index in [0.717, 1.165) is 56.2 Å². The van der Waals surface area contributed by atoms with Crippen LogP contribution in [0.2, 0.25) is 0 Å². The highest BCUT2D eigenvalue weighted by Crippen LogP contribution is 2.44. The van der Waals surface area contributed by atoms with Crippen LogP contribution in [0.3, 0.4) is 0 Å². The van der Waals surface area contributed by atoms with E-state index in [1.807, 2.05) is 67.6 Å².